The fraction of sp³-hybridized carbons (Fsp3) is 0.308. The summed E-state index contributed by atoms with van der Waals surface area (Å²) < 4.78 is 9.18. The Morgan fingerprint density at radius 3 is 1.97 bits per heavy atom. The van der Waals surface area contributed by atoms with E-state index >= 15 is 0 Å². The topological polar surface area (TPSA) is 48.3 Å². The Balaban J connectivity index is 0.000000366. The first-order valence-electron chi connectivity index (χ1n) is 10.6. The Hall–Kier alpha value is -0.810. The van der Waals surface area contributed by atoms with Gasteiger partial charge in [0.1, 0.15) is 5.60 Å². The van der Waals surface area contributed by atoms with Crippen molar-refractivity contribution in [1.29, 1.82) is 0 Å². The SMILES string of the molecule is CCI.Cc1ccc(Cl)cc1-c1cc(I)cn1C(=O)OC(C)(C)C.Cc1ccc(Cl)cc1C(=O)Cl. The first kappa shape index (κ1) is 32.2. The van der Waals surface area contributed by atoms with E-state index in [1.165, 1.54) is 8.99 Å². The number of halogens is 5. The van der Waals surface area contributed by atoms with Crippen LogP contribution in [-0.2, 0) is 4.74 Å². The van der Waals surface area contributed by atoms with Gasteiger partial charge >= 0.3 is 6.09 Å². The number of aromatic nitrogens is 1. The molecule has 3 aromatic rings. The zero-order valence-electron chi connectivity index (χ0n) is 20.4. The molecule has 3 rings (SSSR count). The third-order valence-electron chi connectivity index (χ3n) is 4.26. The molecule has 1 aromatic heterocycles. The molecule has 0 bridgehead atoms. The van der Waals surface area contributed by atoms with Crippen LogP contribution in [0.1, 0.15) is 49.2 Å². The number of benzene rings is 2. The summed E-state index contributed by atoms with van der Waals surface area (Å²) in [6.45, 7) is 11.5. The van der Waals surface area contributed by atoms with Gasteiger partial charge in [0.05, 0.1) is 5.69 Å². The van der Waals surface area contributed by atoms with Gasteiger partial charge in [0.2, 0.25) is 0 Å². The van der Waals surface area contributed by atoms with Gasteiger partial charge in [-0.2, -0.15) is 0 Å². The summed E-state index contributed by atoms with van der Waals surface area (Å²) in [5.41, 5.74) is 3.55. The Bertz CT molecular complexity index is 1170. The molecule has 2 aromatic carbocycles. The molecular formula is C26H28Cl3I2NO3. The van der Waals surface area contributed by atoms with Crippen molar-refractivity contribution in [3.8, 4) is 11.3 Å². The Morgan fingerprint density at radius 2 is 1.49 bits per heavy atom. The maximum absolute atomic E-state index is 12.4. The number of carbonyl (C=O) groups is 2. The van der Waals surface area contributed by atoms with Crippen LogP contribution >= 0.6 is 80.0 Å². The van der Waals surface area contributed by atoms with Crippen LogP contribution in [0.5, 0.6) is 0 Å². The molecule has 0 amide bonds. The largest absolute Gasteiger partial charge is 0.443 e. The van der Waals surface area contributed by atoms with E-state index in [2.05, 4.69) is 52.1 Å². The summed E-state index contributed by atoms with van der Waals surface area (Å²) in [6, 6.07) is 12.6. The molecule has 0 spiro atoms. The van der Waals surface area contributed by atoms with Crippen LogP contribution in [-0.4, -0.2) is 25.9 Å². The summed E-state index contributed by atoms with van der Waals surface area (Å²) in [6.07, 6.45) is 1.38. The summed E-state index contributed by atoms with van der Waals surface area (Å²) in [4.78, 5) is 23.1. The van der Waals surface area contributed by atoms with Gasteiger partial charge in [-0.1, -0.05) is 64.8 Å². The van der Waals surface area contributed by atoms with Crippen LogP contribution in [0.3, 0.4) is 0 Å². The monoisotopic (exact) mass is 761 g/mol. The average molecular weight is 763 g/mol. The average Bonchev–Trinajstić information content (AvgIpc) is 3.13. The lowest BCUT2D eigenvalue weighted by molar-refractivity contribution is 0.0540. The van der Waals surface area contributed by atoms with E-state index in [1.807, 2.05) is 58.9 Å². The number of ether oxygens (including phenoxy) is 1. The summed E-state index contributed by atoms with van der Waals surface area (Å²) in [5.74, 6) is 0. The maximum Gasteiger partial charge on any atom is 0.419 e. The van der Waals surface area contributed by atoms with Crippen LogP contribution in [0.15, 0.2) is 48.7 Å². The Morgan fingerprint density at radius 1 is 0.971 bits per heavy atom. The highest BCUT2D eigenvalue weighted by molar-refractivity contribution is 14.1. The van der Waals surface area contributed by atoms with E-state index in [1.54, 1.807) is 24.4 Å². The lowest BCUT2D eigenvalue weighted by atomic mass is 10.1. The second kappa shape index (κ2) is 14.8. The molecule has 0 saturated carbocycles. The molecular weight excluding hydrogens is 734 g/mol. The lowest BCUT2D eigenvalue weighted by Crippen LogP contribution is -2.27. The molecule has 1 heterocycles. The third-order valence-corrected chi connectivity index (χ3v) is 5.53. The second-order valence-corrected chi connectivity index (χ2v) is 12.3. The predicted molar refractivity (Wildman–Crippen MR) is 165 cm³/mol. The standard InChI is InChI=1S/C16H17ClINO2.C8H6Cl2O.C2H5I/c1-10-5-6-11(17)7-13(10)14-8-12(18)9-19(14)15(20)21-16(2,3)4;1-5-2-3-6(9)4-7(5)8(10)11;1-2-3/h5-9H,1-4H3;2-4H,1H3;2H2,1H3. The number of hydrogen-bond acceptors (Lipinski definition) is 3. The van der Waals surface area contributed by atoms with E-state index in [-0.39, 0.29) is 6.09 Å². The van der Waals surface area contributed by atoms with E-state index < -0.39 is 10.8 Å². The smallest absolute Gasteiger partial charge is 0.419 e. The molecule has 0 fully saturated rings. The lowest BCUT2D eigenvalue weighted by Gasteiger charge is -2.20. The van der Waals surface area contributed by atoms with Crippen LogP contribution in [0.25, 0.3) is 11.3 Å². The molecule has 35 heavy (non-hydrogen) atoms. The van der Waals surface area contributed by atoms with Crippen molar-refractivity contribution in [2.24, 2.45) is 0 Å². The van der Waals surface area contributed by atoms with Gasteiger partial charge in [-0.3, -0.25) is 9.36 Å². The summed E-state index contributed by atoms with van der Waals surface area (Å²) in [5, 5.41) is 0.701. The summed E-state index contributed by atoms with van der Waals surface area (Å²) >= 11 is 21.5. The second-order valence-electron chi connectivity index (χ2n) is 8.35. The van der Waals surface area contributed by atoms with Gasteiger partial charge in [0.15, 0.2) is 0 Å². The maximum atomic E-state index is 12.4. The van der Waals surface area contributed by atoms with Gasteiger partial charge in [-0.05, 0) is 115 Å². The molecule has 0 aliphatic rings. The number of nitrogens with zero attached hydrogens (tertiary/aromatic N) is 1. The highest BCUT2D eigenvalue weighted by Gasteiger charge is 2.21. The predicted octanol–water partition coefficient (Wildman–Crippen LogP) is 9.97. The molecule has 190 valence electrons. The molecule has 0 aliphatic heterocycles. The van der Waals surface area contributed by atoms with Crippen LogP contribution in [0, 0.1) is 17.4 Å². The first-order chi connectivity index (χ1) is 16.2. The minimum atomic E-state index is -0.534. The number of carbonyl (C=O) groups excluding carboxylic acids is 2. The number of aryl methyl sites for hydroxylation is 2. The van der Waals surface area contributed by atoms with Crippen molar-refractivity contribution in [2.45, 2.75) is 47.1 Å². The molecule has 4 nitrogen and oxygen atoms in total. The van der Waals surface area contributed by atoms with Crippen LogP contribution in [0.4, 0.5) is 4.79 Å². The van der Waals surface area contributed by atoms with Crippen molar-refractivity contribution in [1.82, 2.24) is 4.57 Å². The minimum Gasteiger partial charge on any atom is -0.443 e. The van der Waals surface area contributed by atoms with Crippen molar-refractivity contribution in [3.05, 3.63) is 79.0 Å². The minimum absolute atomic E-state index is 0.389. The third kappa shape index (κ3) is 11.0. The van der Waals surface area contributed by atoms with Crippen LogP contribution < -0.4 is 0 Å². The Labute approximate surface area is 249 Å². The zero-order chi connectivity index (χ0) is 26.9. The normalized spacial score (nSPS) is 10.5. The van der Waals surface area contributed by atoms with Gasteiger partial charge in [0.25, 0.3) is 5.24 Å². The summed E-state index contributed by atoms with van der Waals surface area (Å²) in [7, 11) is 0. The highest BCUT2D eigenvalue weighted by Crippen LogP contribution is 2.29. The number of hydrogen-bond donors (Lipinski definition) is 0. The van der Waals surface area contributed by atoms with E-state index in [0.717, 1.165) is 26.0 Å². The molecule has 0 N–H and O–H groups in total. The van der Waals surface area contributed by atoms with Crippen molar-refractivity contribution < 1.29 is 14.3 Å². The zero-order valence-corrected chi connectivity index (χ0v) is 27.0. The van der Waals surface area contributed by atoms with Gasteiger partial charge in [-0.15, -0.1) is 0 Å². The van der Waals surface area contributed by atoms with Crippen molar-refractivity contribution >= 4 is 91.3 Å². The fourth-order valence-corrected chi connectivity index (χ4v) is 3.90. The number of alkyl halides is 1. The molecule has 0 saturated heterocycles. The van der Waals surface area contributed by atoms with E-state index in [0.29, 0.717) is 15.6 Å². The van der Waals surface area contributed by atoms with Gasteiger partial charge in [0, 0.05) is 30.9 Å². The van der Waals surface area contributed by atoms with Gasteiger partial charge in [-0.25, -0.2) is 4.79 Å². The molecule has 0 unspecified atom stereocenters. The van der Waals surface area contributed by atoms with Crippen molar-refractivity contribution in [3.63, 3.8) is 0 Å². The molecule has 9 heteroatoms. The van der Waals surface area contributed by atoms with Gasteiger partial charge < -0.3 is 4.74 Å². The number of rotatable bonds is 2. The van der Waals surface area contributed by atoms with Crippen molar-refractivity contribution in [2.75, 3.05) is 4.43 Å². The Kier molecular flexibility index (Phi) is 13.6. The first-order valence-corrected chi connectivity index (χ1v) is 14.3. The molecule has 0 atom stereocenters. The molecule has 0 aliphatic carbocycles. The van der Waals surface area contributed by atoms with E-state index in [9.17, 15) is 9.59 Å². The van der Waals surface area contributed by atoms with E-state index in [4.69, 9.17) is 39.5 Å². The molecule has 0 radical (unpaired) electrons. The highest BCUT2D eigenvalue weighted by atomic mass is 127. The fourth-order valence-electron chi connectivity index (χ4n) is 2.78. The van der Waals surface area contributed by atoms with Crippen LogP contribution in [0.2, 0.25) is 10.0 Å². The quantitative estimate of drug-likeness (QED) is 0.148.